The molecule has 1 aromatic heterocycles. The fourth-order valence-corrected chi connectivity index (χ4v) is 3.14. The zero-order valence-electron chi connectivity index (χ0n) is 12.9. The summed E-state index contributed by atoms with van der Waals surface area (Å²) in [5.74, 6) is 0.666. The van der Waals surface area contributed by atoms with Crippen molar-refractivity contribution in [3.63, 3.8) is 0 Å². The van der Waals surface area contributed by atoms with Gasteiger partial charge in [-0.1, -0.05) is 22.9 Å². The predicted molar refractivity (Wildman–Crippen MR) is 90.9 cm³/mol. The van der Waals surface area contributed by atoms with E-state index in [9.17, 15) is 4.79 Å². The van der Waals surface area contributed by atoms with Crippen LogP contribution in [0.25, 0.3) is 0 Å². The Morgan fingerprint density at radius 1 is 1.50 bits per heavy atom. The van der Waals surface area contributed by atoms with Crippen LogP contribution in [0.2, 0.25) is 0 Å². The lowest BCUT2D eigenvalue weighted by molar-refractivity contribution is -0.116. The summed E-state index contributed by atoms with van der Waals surface area (Å²) in [6.45, 7) is 4.53. The Morgan fingerprint density at radius 3 is 3.09 bits per heavy atom. The van der Waals surface area contributed by atoms with Gasteiger partial charge >= 0.3 is 0 Å². The summed E-state index contributed by atoms with van der Waals surface area (Å²) in [4.78, 5) is 12.2. The van der Waals surface area contributed by atoms with Crippen LogP contribution in [0.4, 0.5) is 5.69 Å². The van der Waals surface area contributed by atoms with E-state index in [0.717, 1.165) is 34.3 Å². The predicted octanol–water partition coefficient (Wildman–Crippen LogP) is 3.72. The van der Waals surface area contributed by atoms with Gasteiger partial charge in [-0.3, -0.25) is 9.48 Å². The van der Waals surface area contributed by atoms with Gasteiger partial charge in [0.1, 0.15) is 6.54 Å². The SMILES string of the molecule is Cc1cc(NC(=O)Cn2cc3c(n2)CC[C@@H](C)C3)ccc1Br. The van der Waals surface area contributed by atoms with E-state index in [0.29, 0.717) is 5.92 Å². The molecule has 0 fully saturated rings. The van der Waals surface area contributed by atoms with Crippen molar-refractivity contribution in [2.24, 2.45) is 5.92 Å². The number of aryl methyl sites for hydroxylation is 2. The zero-order valence-corrected chi connectivity index (χ0v) is 14.5. The van der Waals surface area contributed by atoms with Gasteiger partial charge in [0.05, 0.1) is 5.69 Å². The maximum absolute atomic E-state index is 12.2. The summed E-state index contributed by atoms with van der Waals surface area (Å²) in [5, 5.41) is 7.47. The van der Waals surface area contributed by atoms with Gasteiger partial charge in [0.15, 0.2) is 0 Å². The quantitative estimate of drug-likeness (QED) is 0.905. The van der Waals surface area contributed by atoms with Gasteiger partial charge < -0.3 is 5.32 Å². The number of aromatic nitrogens is 2. The van der Waals surface area contributed by atoms with Crippen molar-refractivity contribution in [1.82, 2.24) is 9.78 Å². The molecule has 1 N–H and O–H groups in total. The first-order valence-corrected chi connectivity index (χ1v) is 8.42. The summed E-state index contributed by atoms with van der Waals surface area (Å²) in [5.41, 5.74) is 4.37. The molecule has 0 saturated carbocycles. The summed E-state index contributed by atoms with van der Waals surface area (Å²) in [7, 11) is 0. The van der Waals surface area contributed by atoms with Gasteiger partial charge in [0, 0.05) is 16.4 Å². The van der Waals surface area contributed by atoms with E-state index in [4.69, 9.17) is 0 Å². The van der Waals surface area contributed by atoms with Gasteiger partial charge in [-0.15, -0.1) is 0 Å². The van der Waals surface area contributed by atoms with Crippen molar-refractivity contribution in [3.8, 4) is 0 Å². The maximum atomic E-state index is 12.2. The topological polar surface area (TPSA) is 46.9 Å². The molecule has 1 aliphatic carbocycles. The smallest absolute Gasteiger partial charge is 0.246 e. The average molecular weight is 362 g/mol. The van der Waals surface area contributed by atoms with Crippen molar-refractivity contribution in [2.75, 3.05) is 5.32 Å². The second kappa shape index (κ2) is 6.24. The number of anilines is 1. The summed E-state index contributed by atoms with van der Waals surface area (Å²) >= 11 is 3.46. The molecular weight excluding hydrogens is 342 g/mol. The number of nitrogens with one attached hydrogen (secondary N) is 1. The Labute approximate surface area is 139 Å². The number of carbonyl (C=O) groups is 1. The standard InChI is InChI=1S/C17H20BrN3O/c1-11-3-6-16-13(7-11)9-21(20-16)10-17(22)19-14-4-5-15(18)12(2)8-14/h4-5,8-9,11H,3,6-7,10H2,1-2H3,(H,19,22)/t11-/m1/s1. The minimum atomic E-state index is -0.0467. The van der Waals surface area contributed by atoms with E-state index in [-0.39, 0.29) is 12.5 Å². The number of halogens is 1. The summed E-state index contributed by atoms with van der Waals surface area (Å²) < 4.78 is 2.81. The number of amides is 1. The van der Waals surface area contributed by atoms with Gasteiger partial charge in [-0.05, 0) is 61.4 Å². The van der Waals surface area contributed by atoms with Crippen LogP contribution >= 0.6 is 15.9 Å². The van der Waals surface area contributed by atoms with Crippen molar-refractivity contribution in [2.45, 2.75) is 39.7 Å². The third-order valence-corrected chi connectivity index (χ3v) is 5.00. The molecule has 0 saturated heterocycles. The third-order valence-electron chi connectivity index (χ3n) is 4.11. The molecule has 1 aliphatic rings. The van der Waals surface area contributed by atoms with Gasteiger partial charge in [-0.25, -0.2) is 0 Å². The van der Waals surface area contributed by atoms with E-state index in [1.807, 2.05) is 31.3 Å². The minimum Gasteiger partial charge on any atom is -0.324 e. The first-order valence-electron chi connectivity index (χ1n) is 7.62. The van der Waals surface area contributed by atoms with E-state index in [2.05, 4.69) is 33.3 Å². The number of rotatable bonds is 3. The second-order valence-corrected chi connectivity index (χ2v) is 7.01. The van der Waals surface area contributed by atoms with Crippen LogP contribution in [0.3, 0.4) is 0 Å². The van der Waals surface area contributed by atoms with E-state index in [1.54, 1.807) is 4.68 Å². The molecule has 22 heavy (non-hydrogen) atoms. The highest BCUT2D eigenvalue weighted by molar-refractivity contribution is 9.10. The molecule has 0 bridgehead atoms. The monoisotopic (exact) mass is 361 g/mol. The number of benzene rings is 1. The summed E-state index contributed by atoms with van der Waals surface area (Å²) in [6, 6.07) is 5.79. The third kappa shape index (κ3) is 3.40. The van der Waals surface area contributed by atoms with Gasteiger partial charge in [0.25, 0.3) is 0 Å². The van der Waals surface area contributed by atoms with Crippen LogP contribution in [0.5, 0.6) is 0 Å². The molecule has 5 heteroatoms. The molecule has 1 amide bonds. The lowest BCUT2D eigenvalue weighted by Crippen LogP contribution is -2.19. The summed E-state index contributed by atoms with van der Waals surface area (Å²) in [6.07, 6.45) is 5.31. The molecule has 0 aliphatic heterocycles. The Bertz CT molecular complexity index is 708. The van der Waals surface area contributed by atoms with Crippen molar-refractivity contribution in [3.05, 3.63) is 45.7 Å². The number of carbonyl (C=O) groups excluding carboxylic acids is 1. The molecule has 4 nitrogen and oxygen atoms in total. The molecule has 1 aromatic carbocycles. The average Bonchev–Trinajstić information content (AvgIpc) is 2.84. The minimum absolute atomic E-state index is 0.0467. The molecule has 0 radical (unpaired) electrons. The van der Waals surface area contributed by atoms with Crippen molar-refractivity contribution >= 4 is 27.5 Å². The fourth-order valence-electron chi connectivity index (χ4n) is 2.90. The highest BCUT2D eigenvalue weighted by Gasteiger charge is 2.19. The largest absolute Gasteiger partial charge is 0.324 e. The fraction of sp³-hybridized carbons (Fsp3) is 0.412. The molecule has 2 aromatic rings. The lowest BCUT2D eigenvalue weighted by Gasteiger charge is -2.15. The molecule has 116 valence electrons. The number of fused-ring (bicyclic) bond motifs is 1. The Kier molecular flexibility index (Phi) is 4.34. The molecule has 3 rings (SSSR count). The molecular formula is C17H20BrN3O. The maximum Gasteiger partial charge on any atom is 0.246 e. The van der Waals surface area contributed by atoms with Gasteiger partial charge in [-0.2, -0.15) is 5.10 Å². The Hall–Kier alpha value is -1.62. The van der Waals surface area contributed by atoms with E-state index in [1.165, 1.54) is 12.0 Å². The first-order chi connectivity index (χ1) is 10.5. The van der Waals surface area contributed by atoms with Crippen LogP contribution in [0.1, 0.15) is 30.2 Å². The molecule has 0 spiro atoms. The molecule has 1 atom stereocenters. The lowest BCUT2D eigenvalue weighted by atomic mass is 9.89. The van der Waals surface area contributed by atoms with Crippen molar-refractivity contribution in [1.29, 1.82) is 0 Å². The van der Waals surface area contributed by atoms with E-state index < -0.39 is 0 Å². The Morgan fingerprint density at radius 2 is 2.32 bits per heavy atom. The van der Waals surface area contributed by atoms with Crippen LogP contribution < -0.4 is 5.32 Å². The van der Waals surface area contributed by atoms with E-state index >= 15 is 0 Å². The van der Waals surface area contributed by atoms with Crippen LogP contribution in [0, 0.1) is 12.8 Å². The molecule has 1 heterocycles. The highest BCUT2D eigenvalue weighted by atomic mass is 79.9. The second-order valence-electron chi connectivity index (χ2n) is 6.16. The first kappa shape index (κ1) is 15.3. The van der Waals surface area contributed by atoms with Crippen LogP contribution in [0.15, 0.2) is 28.9 Å². The zero-order chi connectivity index (χ0) is 15.7. The number of nitrogens with zero attached hydrogens (tertiary/aromatic N) is 2. The number of hydrogen-bond donors (Lipinski definition) is 1. The highest BCUT2D eigenvalue weighted by Crippen LogP contribution is 2.24. The van der Waals surface area contributed by atoms with Gasteiger partial charge in [0.2, 0.25) is 5.91 Å². The van der Waals surface area contributed by atoms with Crippen LogP contribution in [-0.4, -0.2) is 15.7 Å². The molecule has 0 unspecified atom stereocenters. The Balaban J connectivity index is 1.65. The number of hydrogen-bond acceptors (Lipinski definition) is 2. The van der Waals surface area contributed by atoms with Crippen molar-refractivity contribution < 1.29 is 4.79 Å². The normalized spacial score (nSPS) is 17.1. The van der Waals surface area contributed by atoms with Crippen LogP contribution in [-0.2, 0) is 24.2 Å².